The molecule has 1 aromatic carbocycles. The summed E-state index contributed by atoms with van der Waals surface area (Å²) in [5, 5.41) is 16.3. The number of sulfonamides is 1. The standard InChI is InChI=1S/C34H41BrN6O9S/c1-6-20-16-34(20,31(45)39-51(48,49)23-10-11-23)38-28(43)25-15-22(50-29-24-14-21(35)9-8-19(24)12-13-36-29)18-40(25)30(44)26(17-37-27(42)7-2)41(32(46)47)33(3,4)5/h6-9,12-14,20,22-23,25-26H,1-2,10-11,15-18H2,3-5H3,(H,37,42)(H,38,43)(H,39,45)(H,46,47)/t20-,22-,25+,26+,34-/m1/s1. The first-order valence-corrected chi connectivity index (χ1v) is 18.7. The zero-order valence-corrected chi connectivity index (χ0v) is 30.8. The second-order valence-corrected chi connectivity index (χ2v) is 16.8. The fraction of sp³-hybridized carbons (Fsp3) is 0.471. The van der Waals surface area contributed by atoms with Crippen molar-refractivity contribution in [2.45, 2.75) is 81.0 Å². The van der Waals surface area contributed by atoms with Crippen molar-refractivity contribution >= 4 is 66.4 Å². The van der Waals surface area contributed by atoms with E-state index in [2.05, 4.69) is 49.4 Å². The SMILES string of the molecule is C=CC(=O)NC[C@@H](C(=O)N1C[C@H](Oc2nccc3ccc(Br)cc23)C[C@H]1C(=O)N[C@]1(C(=O)NS(=O)(=O)C2CC2)C[C@H]1C=C)N(C(=O)O)C(C)(C)C. The molecule has 274 valence electrons. The second-order valence-electron chi connectivity index (χ2n) is 13.9. The topological polar surface area (TPSA) is 204 Å². The highest BCUT2D eigenvalue weighted by Gasteiger charge is 2.62. The largest absolute Gasteiger partial charge is 0.472 e. The Balaban J connectivity index is 1.49. The normalized spacial score (nSPS) is 23.5. The Bertz CT molecular complexity index is 1900. The van der Waals surface area contributed by atoms with Gasteiger partial charge >= 0.3 is 6.09 Å². The number of aromatic nitrogens is 1. The van der Waals surface area contributed by atoms with E-state index in [1.54, 1.807) is 33.0 Å². The Hall–Kier alpha value is -4.51. The Morgan fingerprint density at radius 1 is 1.20 bits per heavy atom. The number of pyridine rings is 1. The number of likely N-dealkylation sites (tertiary alicyclic amines) is 1. The van der Waals surface area contributed by atoms with Crippen molar-refractivity contribution in [1.29, 1.82) is 0 Å². The number of carbonyl (C=O) groups is 5. The Morgan fingerprint density at radius 3 is 2.49 bits per heavy atom. The van der Waals surface area contributed by atoms with Crippen LogP contribution in [0.5, 0.6) is 5.88 Å². The summed E-state index contributed by atoms with van der Waals surface area (Å²) in [6.45, 7) is 11.3. The molecule has 5 rings (SSSR count). The van der Waals surface area contributed by atoms with E-state index in [0.717, 1.165) is 20.8 Å². The molecule has 3 fully saturated rings. The molecular formula is C34H41BrN6O9S. The first-order valence-electron chi connectivity index (χ1n) is 16.4. The van der Waals surface area contributed by atoms with E-state index >= 15 is 0 Å². The zero-order valence-electron chi connectivity index (χ0n) is 28.4. The van der Waals surface area contributed by atoms with Crippen LogP contribution in [-0.2, 0) is 29.2 Å². The molecule has 0 bridgehead atoms. The maximum atomic E-state index is 14.5. The summed E-state index contributed by atoms with van der Waals surface area (Å²) in [6.07, 6.45) is 2.56. The van der Waals surface area contributed by atoms with E-state index in [1.165, 1.54) is 11.0 Å². The molecule has 2 saturated carbocycles. The fourth-order valence-corrected chi connectivity index (χ4v) is 8.12. The summed E-state index contributed by atoms with van der Waals surface area (Å²) in [5.74, 6) is -3.48. The molecule has 1 aromatic heterocycles. The lowest BCUT2D eigenvalue weighted by Crippen LogP contribution is -2.63. The predicted octanol–water partition coefficient (Wildman–Crippen LogP) is 2.46. The highest BCUT2D eigenvalue weighted by Crippen LogP contribution is 2.45. The number of rotatable bonds is 13. The van der Waals surface area contributed by atoms with E-state index in [-0.39, 0.29) is 25.3 Å². The van der Waals surface area contributed by atoms with Crippen LogP contribution in [0.2, 0.25) is 0 Å². The molecule has 4 N–H and O–H groups in total. The van der Waals surface area contributed by atoms with E-state index in [1.807, 2.05) is 18.2 Å². The number of hydrogen-bond acceptors (Lipinski definition) is 9. The molecule has 0 unspecified atom stereocenters. The molecule has 0 radical (unpaired) electrons. The van der Waals surface area contributed by atoms with Crippen LogP contribution in [0.15, 0.2) is 60.2 Å². The van der Waals surface area contributed by atoms with Gasteiger partial charge in [0.15, 0.2) is 0 Å². The Kier molecular flexibility index (Phi) is 10.5. The van der Waals surface area contributed by atoms with Crippen molar-refractivity contribution in [3.05, 3.63) is 60.2 Å². The summed E-state index contributed by atoms with van der Waals surface area (Å²) in [6, 6.07) is 4.54. The first kappa shape index (κ1) is 37.7. The van der Waals surface area contributed by atoms with E-state index in [0.29, 0.717) is 18.2 Å². The van der Waals surface area contributed by atoms with E-state index < -0.39 is 86.7 Å². The van der Waals surface area contributed by atoms with Crippen molar-refractivity contribution < 1.29 is 42.2 Å². The van der Waals surface area contributed by atoms with Gasteiger partial charge in [0.1, 0.15) is 23.7 Å². The highest BCUT2D eigenvalue weighted by atomic mass is 79.9. The third-order valence-corrected chi connectivity index (χ3v) is 11.6. The maximum Gasteiger partial charge on any atom is 0.408 e. The average molecular weight is 790 g/mol. The third-order valence-electron chi connectivity index (χ3n) is 9.25. The predicted molar refractivity (Wildman–Crippen MR) is 190 cm³/mol. The summed E-state index contributed by atoms with van der Waals surface area (Å²) >= 11 is 3.45. The molecule has 1 aliphatic heterocycles. The summed E-state index contributed by atoms with van der Waals surface area (Å²) in [4.78, 5) is 73.4. The molecule has 3 aliphatic rings. The smallest absolute Gasteiger partial charge is 0.408 e. The lowest BCUT2D eigenvalue weighted by Gasteiger charge is -2.40. The monoisotopic (exact) mass is 788 g/mol. The van der Waals surface area contributed by atoms with Crippen molar-refractivity contribution in [3.8, 4) is 5.88 Å². The van der Waals surface area contributed by atoms with Gasteiger partial charge in [0.2, 0.25) is 33.6 Å². The summed E-state index contributed by atoms with van der Waals surface area (Å²) in [5.41, 5.74) is -2.76. The van der Waals surface area contributed by atoms with Gasteiger partial charge in [-0.25, -0.2) is 18.2 Å². The van der Waals surface area contributed by atoms with Crippen LogP contribution in [0.25, 0.3) is 10.8 Å². The number of halogens is 1. The zero-order chi connectivity index (χ0) is 37.5. The highest BCUT2D eigenvalue weighted by molar-refractivity contribution is 9.10. The quantitative estimate of drug-likeness (QED) is 0.172. The van der Waals surface area contributed by atoms with Gasteiger partial charge in [0.25, 0.3) is 5.91 Å². The summed E-state index contributed by atoms with van der Waals surface area (Å²) < 4.78 is 34.5. The van der Waals surface area contributed by atoms with Crippen molar-refractivity contribution in [2.75, 3.05) is 13.1 Å². The molecule has 5 amide bonds. The Morgan fingerprint density at radius 2 is 1.90 bits per heavy atom. The van der Waals surface area contributed by atoms with Gasteiger partial charge in [-0.05, 0) is 69.7 Å². The number of carbonyl (C=O) groups excluding carboxylic acids is 4. The number of nitrogens with one attached hydrogen (secondary N) is 3. The molecule has 2 heterocycles. The third kappa shape index (κ3) is 8.03. The number of fused-ring (bicyclic) bond motifs is 1. The van der Waals surface area contributed by atoms with Crippen LogP contribution >= 0.6 is 15.9 Å². The molecule has 51 heavy (non-hydrogen) atoms. The Labute approximate surface area is 304 Å². The average Bonchev–Trinajstić information content (AvgIpc) is 3.98. The number of ether oxygens (including phenoxy) is 1. The van der Waals surface area contributed by atoms with Gasteiger partial charge in [0, 0.05) is 40.5 Å². The molecule has 5 atom stereocenters. The minimum atomic E-state index is -3.95. The van der Waals surface area contributed by atoms with Gasteiger partial charge in [-0.15, -0.1) is 6.58 Å². The molecule has 2 aromatic rings. The van der Waals surface area contributed by atoms with Gasteiger partial charge < -0.3 is 25.4 Å². The van der Waals surface area contributed by atoms with Gasteiger partial charge in [-0.2, -0.15) is 0 Å². The van der Waals surface area contributed by atoms with Crippen LogP contribution in [0.3, 0.4) is 0 Å². The van der Waals surface area contributed by atoms with E-state index in [4.69, 9.17) is 4.74 Å². The molecule has 2 aliphatic carbocycles. The van der Waals surface area contributed by atoms with Crippen LogP contribution in [0.1, 0.15) is 46.5 Å². The first-order chi connectivity index (χ1) is 23.9. The van der Waals surface area contributed by atoms with Crippen molar-refractivity contribution in [2.24, 2.45) is 5.92 Å². The van der Waals surface area contributed by atoms with Gasteiger partial charge in [0.05, 0.1) is 11.8 Å². The van der Waals surface area contributed by atoms with Crippen molar-refractivity contribution in [1.82, 2.24) is 30.1 Å². The van der Waals surface area contributed by atoms with Crippen LogP contribution < -0.4 is 20.1 Å². The minimum absolute atomic E-state index is 0.0800. The lowest BCUT2D eigenvalue weighted by molar-refractivity contribution is -0.144. The number of nitrogens with zero attached hydrogens (tertiary/aromatic N) is 3. The van der Waals surface area contributed by atoms with Crippen LogP contribution in [0, 0.1) is 5.92 Å². The lowest BCUT2D eigenvalue weighted by atomic mass is 10.0. The molecule has 0 spiro atoms. The van der Waals surface area contributed by atoms with Crippen molar-refractivity contribution in [3.63, 3.8) is 0 Å². The summed E-state index contributed by atoms with van der Waals surface area (Å²) in [7, 11) is -3.95. The van der Waals surface area contributed by atoms with E-state index in [9.17, 15) is 37.5 Å². The molecule has 15 nitrogen and oxygen atoms in total. The number of amides is 5. The van der Waals surface area contributed by atoms with Crippen LogP contribution in [0.4, 0.5) is 4.79 Å². The fourth-order valence-electron chi connectivity index (χ4n) is 6.40. The number of benzene rings is 1. The number of carboxylic acid groups (broad SMARTS) is 1. The molecular weight excluding hydrogens is 748 g/mol. The minimum Gasteiger partial charge on any atom is -0.472 e. The number of hydrogen-bond donors (Lipinski definition) is 4. The van der Waals surface area contributed by atoms with Gasteiger partial charge in [-0.1, -0.05) is 34.7 Å². The maximum absolute atomic E-state index is 14.5. The van der Waals surface area contributed by atoms with Gasteiger partial charge in [-0.3, -0.25) is 28.8 Å². The second kappa shape index (κ2) is 14.3. The van der Waals surface area contributed by atoms with Crippen LogP contribution in [-0.4, -0.2) is 106 Å². The molecule has 1 saturated heterocycles. The molecule has 17 heteroatoms.